The van der Waals surface area contributed by atoms with Gasteiger partial charge in [0.05, 0.1) is 22.9 Å². The fourth-order valence-electron chi connectivity index (χ4n) is 2.75. The topological polar surface area (TPSA) is 64.0 Å². The minimum Gasteiger partial charge on any atom is -0.278 e. The van der Waals surface area contributed by atoms with Gasteiger partial charge in [-0.25, -0.2) is 8.42 Å². The molecule has 148 valence electrons. The zero-order valence-corrected chi connectivity index (χ0v) is 18.1. The molecule has 0 amide bonds. The quantitative estimate of drug-likeness (QED) is 0.585. The average molecular weight is 438 g/mol. The lowest BCUT2D eigenvalue weighted by Gasteiger charge is -2.18. The number of anilines is 1. The van der Waals surface area contributed by atoms with E-state index in [2.05, 4.69) is 9.82 Å². The summed E-state index contributed by atoms with van der Waals surface area (Å²) in [5, 5.41) is 5.22. The Morgan fingerprint density at radius 2 is 1.75 bits per heavy atom. The Balaban J connectivity index is 2.02. The van der Waals surface area contributed by atoms with Gasteiger partial charge in [0.15, 0.2) is 0 Å². The summed E-state index contributed by atoms with van der Waals surface area (Å²) < 4.78 is 30.4. The molecule has 0 aliphatic heterocycles. The Morgan fingerprint density at radius 1 is 1.07 bits per heavy atom. The van der Waals surface area contributed by atoms with E-state index in [0.717, 1.165) is 5.56 Å². The first kappa shape index (κ1) is 20.7. The maximum absolute atomic E-state index is 13.1. The first-order chi connectivity index (χ1) is 13.1. The zero-order valence-electron chi connectivity index (χ0n) is 15.8. The standard InChI is InChI=1S/C20H21Cl2N3O2S/c1-20(2,3)19-18(13-25(23-19)12-14-7-5-4-6-8-14)28(26,27)24-17-11-15(21)9-10-16(17)22/h4-11,13,24H,12H2,1-3H3. The maximum Gasteiger partial charge on any atom is 0.265 e. The van der Waals surface area contributed by atoms with Gasteiger partial charge in [0, 0.05) is 16.6 Å². The molecule has 0 aliphatic rings. The summed E-state index contributed by atoms with van der Waals surface area (Å²) in [5.74, 6) is 0. The van der Waals surface area contributed by atoms with Gasteiger partial charge in [0.2, 0.25) is 0 Å². The van der Waals surface area contributed by atoms with Gasteiger partial charge in [-0.05, 0) is 23.8 Å². The molecule has 0 unspecified atom stereocenters. The van der Waals surface area contributed by atoms with Crippen molar-refractivity contribution in [3.8, 4) is 0 Å². The van der Waals surface area contributed by atoms with Gasteiger partial charge in [0.25, 0.3) is 10.0 Å². The van der Waals surface area contributed by atoms with Crippen LogP contribution in [0.4, 0.5) is 5.69 Å². The van der Waals surface area contributed by atoms with E-state index in [1.165, 1.54) is 6.07 Å². The lowest BCUT2D eigenvalue weighted by Crippen LogP contribution is -2.20. The molecule has 1 N–H and O–H groups in total. The van der Waals surface area contributed by atoms with Gasteiger partial charge in [-0.3, -0.25) is 9.40 Å². The second-order valence-electron chi connectivity index (χ2n) is 7.50. The molecular formula is C20H21Cl2N3O2S. The van der Waals surface area contributed by atoms with Crippen molar-refractivity contribution in [3.63, 3.8) is 0 Å². The van der Waals surface area contributed by atoms with E-state index in [-0.39, 0.29) is 15.6 Å². The normalized spacial score (nSPS) is 12.2. The van der Waals surface area contributed by atoms with Gasteiger partial charge in [-0.2, -0.15) is 5.10 Å². The van der Waals surface area contributed by atoms with Crippen LogP contribution in [0.3, 0.4) is 0 Å². The predicted molar refractivity (Wildman–Crippen MR) is 114 cm³/mol. The highest BCUT2D eigenvalue weighted by Gasteiger charge is 2.30. The van der Waals surface area contributed by atoms with E-state index >= 15 is 0 Å². The summed E-state index contributed by atoms with van der Waals surface area (Å²) >= 11 is 12.1. The second-order valence-corrected chi connectivity index (χ2v) is 10.00. The van der Waals surface area contributed by atoms with Gasteiger partial charge >= 0.3 is 0 Å². The number of rotatable bonds is 5. The minimum atomic E-state index is -3.91. The van der Waals surface area contributed by atoms with Crippen molar-refractivity contribution >= 4 is 38.9 Å². The lowest BCUT2D eigenvalue weighted by molar-refractivity contribution is 0.533. The number of benzene rings is 2. The molecule has 3 aromatic rings. The third-order valence-electron chi connectivity index (χ3n) is 4.09. The monoisotopic (exact) mass is 437 g/mol. The van der Waals surface area contributed by atoms with Crippen molar-refractivity contribution in [3.05, 3.63) is 76.0 Å². The lowest BCUT2D eigenvalue weighted by atomic mass is 9.92. The molecule has 1 aromatic heterocycles. The van der Waals surface area contributed by atoms with E-state index in [4.69, 9.17) is 23.2 Å². The molecule has 0 saturated carbocycles. The molecule has 2 aromatic carbocycles. The molecule has 0 radical (unpaired) electrons. The minimum absolute atomic E-state index is 0.118. The van der Waals surface area contributed by atoms with Crippen LogP contribution in [-0.2, 0) is 22.0 Å². The van der Waals surface area contributed by atoms with Crippen LogP contribution in [0, 0.1) is 0 Å². The van der Waals surface area contributed by atoms with Crippen LogP contribution in [0.5, 0.6) is 0 Å². The number of nitrogens with zero attached hydrogens (tertiary/aromatic N) is 2. The van der Waals surface area contributed by atoms with Crippen LogP contribution in [0.15, 0.2) is 59.6 Å². The first-order valence-corrected chi connectivity index (χ1v) is 10.9. The van der Waals surface area contributed by atoms with Crippen LogP contribution in [0.2, 0.25) is 10.0 Å². The molecule has 1 heterocycles. The highest BCUT2D eigenvalue weighted by molar-refractivity contribution is 7.92. The van der Waals surface area contributed by atoms with Crippen molar-refractivity contribution in [2.45, 2.75) is 37.6 Å². The van der Waals surface area contributed by atoms with E-state index in [1.807, 2.05) is 51.1 Å². The van der Waals surface area contributed by atoms with E-state index < -0.39 is 15.4 Å². The summed E-state index contributed by atoms with van der Waals surface area (Å²) in [7, 11) is -3.91. The van der Waals surface area contributed by atoms with Crippen LogP contribution in [0.25, 0.3) is 0 Å². The number of hydrogen-bond donors (Lipinski definition) is 1. The number of aromatic nitrogens is 2. The van der Waals surface area contributed by atoms with Crippen LogP contribution < -0.4 is 4.72 Å². The summed E-state index contributed by atoms with van der Waals surface area (Å²) in [6.07, 6.45) is 1.55. The molecule has 8 heteroatoms. The van der Waals surface area contributed by atoms with Crippen molar-refractivity contribution in [2.24, 2.45) is 0 Å². The molecule has 0 saturated heterocycles. The zero-order chi connectivity index (χ0) is 20.5. The predicted octanol–water partition coefficient (Wildman–Crippen LogP) is 5.34. The highest BCUT2D eigenvalue weighted by atomic mass is 35.5. The Labute approximate surface area is 175 Å². The molecule has 5 nitrogen and oxygen atoms in total. The smallest absolute Gasteiger partial charge is 0.265 e. The van der Waals surface area contributed by atoms with E-state index in [0.29, 0.717) is 17.3 Å². The van der Waals surface area contributed by atoms with Crippen molar-refractivity contribution in [1.82, 2.24) is 9.78 Å². The third kappa shape index (κ3) is 4.69. The van der Waals surface area contributed by atoms with E-state index in [1.54, 1.807) is 23.0 Å². The van der Waals surface area contributed by atoms with Crippen LogP contribution >= 0.6 is 23.2 Å². The number of hydrogen-bond acceptors (Lipinski definition) is 3. The van der Waals surface area contributed by atoms with Crippen LogP contribution in [-0.4, -0.2) is 18.2 Å². The second kappa shape index (κ2) is 7.78. The summed E-state index contributed by atoms with van der Waals surface area (Å²) in [6, 6.07) is 14.4. The SMILES string of the molecule is CC(C)(C)c1nn(Cc2ccccc2)cc1S(=O)(=O)Nc1cc(Cl)ccc1Cl. The molecule has 28 heavy (non-hydrogen) atoms. The largest absolute Gasteiger partial charge is 0.278 e. The summed E-state index contributed by atoms with van der Waals surface area (Å²) in [6.45, 7) is 6.24. The van der Waals surface area contributed by atoms with Gasteiger partial charge in [0.1, 0.15) is 4.90 Å². The summed E-state index contributed by atoms with van der Waals surface area (Å²) in [5.41, 5.74) is 1.27. The van der Waals surface area contributed by atoms with Gasteiger partial charge < -0.3 is 0 Å². The first-order valence-electron chi connectivity index (χ1n) is 8.66. The molecule has 3 rings (SSSR count). The Kier molecular flexibility index (Phi) is 5.75. The van der Waals surface area contributed by atoms with Crippen molar-refractivity contribution in [2.75, 3.05) is 4.72 Å². The average Bonchev–Trinajstić information content (AvgIpc) is 3.04. The van der Waals surface area contributed by atoms with Gasteiger partial charge in [-0.1, -0.05) is 74.3 Å². The fourth-order valence-corrected chi connectivity index (χ4v) is 4.57. The van der Waals surface area contributed by atoms with Crippen LogP contribution in [0.1, 0.15) is 32.0 Å². The third-order valence-corrected chi connectivity index (χ3v) is 6.02. The molecule has 0 atom stereocenters. The van der Waals surface area contributed by atoms with Crippen molar-refractivity contribution in [1.29, 1.82) is 0 Å². The Bertz CT molecular complexity index is 1090. The molecular weight excluding hydrogens is 417 g/mol. The summed E-state index contributed by atoms with van der Waals surface area (Å²) in [4.78, 5) is 0.118. The Hall–Kier alpha value is -2.02. The maximum atomic E-state index is 13.1. The number of halogens is 2. The molecule has 0 bridgehead atoms. The molecule has 0 fully saturated rings. The molecule has 0 spiro atoms. The van der Waals surface area contributed by atoms with Crippen molar-refractivity contribution < 1.29 is 8.42 Å². The van der Waals surface area contributed by atoms with E-state index in [9.17, 15) is 8.42 Å². The Morgan fingerprint density at radius 3 is 2.39 bits per heavy atom. The molecule has 0 aliphatic carbocycles. The fraction of sp³-hybridized carbons (Fsp3) is 0.250. The van der Waals surface area contributed by atoms with Gasteiger partial charge in [-0.15, -0.1) is 0 Å². The number of nitrogens with one attached hydrogen (secondary N) is 1. The highest BCUT2D eigenvalue weighted by Crippen LogP contribution is 2.32. The number of sulfonamides is 1.